The second kappa shape index (κ2) is 6.40. The predicted molar refractivity (Wildman–Crippen MR) is 70.4 cm³/mol. The zero-order chi connectivity index (χ0) is 12.0. The Balaban J connectivity index is 2.14. The fourth-order valence-corrected chi connectivity index (χ4v) is 1.97. The van der Waals surface area contributed by atoms with Gasteiger partial charge in [-0.25, -0.2) is 0 Å². The maximum atomic E-state index is 5.78. The van der Waals surface area contributed by atoms with Crippen molar-refractivity contribution in [2.45, 2.75) is 26.2 Å². The second-order valence-corrected chi connectivity index (χ2v) is 10.8. The molecule has 0 unspecified atom stereocenters. The van der Waals surface area contributed by atoms with Crippen molar-refractivity contribution < 1.29 is 9.47 Å². The van der Waals surface area contributed by atoms with Crippen LogP contribution in [0.4, 0.5) is 0 Å². The van der Waals surface area contributed by atoms with Crippen LogP contribution in [0, 0.1) is 0 Å². The van der Waals surface area contributed by atoms with Gasteiger partial charge in [0.05, 0.1) is 14.7 Å². The summed E-state index contributed by atoms with van der Waals surface area (Å²) < 4.78 is 10.9. The molecule has 0 atom stereocenters. The topological polar surface area (TPSA) is 18.5 Å². The highest BCUT2D eigenvalue weighted by atomic mass is 35.5. The number of benzene rings is 1. The van der Waals surface area contributed by atoms with Gasteiger partial charge in [0.15, 0.2) is 0 Å². The van der Waals surface area contributed by atoms with Crippen molar-refractivity contribution in [3.05, 3.63) is 34.9 Å². The van der Waals surface area contributed by atoms with Crippen molar-refractivity contribution in [1.82, 2.24) is 0 Å². The number of hydrogen-bond acceptors (Lipinski definition) is 2. The third kappa shape index (κ3) is 6.28. The van der Waals surface area contributed by atoms with Gasteiger partial charge in [-0.1, -0.05) is 43.4 Å². The molecule has 1 rings (SSSR count). The van der Waals surface area contributed by atoms with Crippen LogP contribution < -0.4 is 0 Å². The second-order valence-electron chi connectivity index (χ2n) is 5.00. The SMILES string of the molecule is C[Si](C)(C)COCOCc1ccc(Cl)cc1. The molecule has 0 aliphatic heterocycles. The van der Waals surface area contributed by atoms with E-state index in [0.717, 1.165) is 16.8 Å². The number of rotatable bonds is 6. The number of ether oxygens (including phenoxy) is 2. The summed E-state index contributed by atoms with van der Waals surface area (Å²) in [5, 5.41) is 0.749. The molecule has 0 aromatic heterocycles. The summed E-state index contributed by atoms with van der Waals surface area (Å²) in [6.45, 7) is 7.75. The third-order valence-corrected chi connectivity index (χ3v) is 3.21. The van der Waals surface area contributed by atoms with E-state index in [1.807, 2.05) is 24.3 Å². The van der Waals surface area contributed by atoms with E-state index < -0.39 is 8.07 Å². The van der Waals surface area contributed by atoms with E-state index in [4.69, 9.17) is 21.1 Å². The van der Waals surface area contributed by atoms with Crippen molar-refractivity contribution in [1.29, 1.82) is 0 Å². The lowest BCUT2D eigenvalue weighted by atomic mass is 10.2. The largest absolute Gasteiger partial charge is 0.359 e. The molecule has 16 heavy (non-hydrogen) atoms. The Bertz CT molecular complexity index is 306. The predicted octanol–water partition coefficient (Wildman–Crippen LogP) is 3.71. The highest BCUT2D eigenvalue weighted by Crippen LogP contribution is 2.10. The van der Waals surface area contributed by atoms with Gasteiger partial charge in [-0.15, -0.1) is 0 Å². The van der Waals surface area contributed by atoms with Gasteiger partial charge in [-0.05, 0) is 17.7 Å². The van der Waals surface area contributed by atoms with E-state index >= 15 is 0 Å². The molecule has 0 aliphatic rings. The molecule has 0 bridgehead atoms. The average molecular weight is 259 g/mol. The minimum Gasteiger partial charge on any atom is -0.359 e. The quantitative estimate of drug-likeness (QED) is 0.440. The summed E-state index contributed by atoms with van der Waals surface area (Å²) in [5.41, 5.74) is 1.11. The van der Waals surface area contributed by atoms with E-state index in [1.54, 1.807) is 0 Å². The lowest BCUT2D eigenvalue weighted by Gasteiger charge is -2.15. The molecule has 1 aromatic carbocycles. The first-order valence-electron chi connectivity index (χ1n) is 5.37. The van der Waals surface area contributed by atoms with Crippen LogP contribution in [0.25, 0.3) is 0 Å². The Kier molecular flexibility index (Phi) is 5.48. The first-order valence-corrected chi connectivity index (χ1v) is 9.46. The summed E-state index contributed by atoms with van der Waals surface area (Å²) in [6, 6.07) is 7.65. The van der Waals surface area contributed by atoms with Crippen LogP contribution in [0.1, 0.15) is 5.56 Å². The van der Waals surface area contributed by atoms with Gasteiger partial charge in [0.1, 0.15) is 6.79 Å². The Labute approximate surface area is 104 Å². The Morgan fingerprint density at radius 2 is 1.69 bits per heavy atom. The van der Waals surface area contributed by atoms with Gasteiger partial charge in [-0.2, -0.15) is 0 Å². The average Bonchev–Trinajstić information content (AvgIpc) is 2.19. The number of hydrogen-bond donors (Lipinski definition) is 0. The van der Waals surface area contributed by atoms with Crippen molar-refractivity contribution in [2.24, 2.45) is 0 Å². The summed E-state index contributed by atoms with van der Waals surface area (Å²) in [7, 11) is -1.11. The maximum absolute atomic E-state index is 5.78. The minimum atomic E-state index is -1.11. The monoisotopic (exact) mass is 258 g/mol. The summed E-state index contributed by atoms with van der Waals surface area (Å²) in [5.74, 6) is 0. The van der Waals surface area contributed by atoms with Crippen molar-refractivity contribution in [2.75, 3.05) is 13.0 Å². The highest BCUT2D eigenvalue weighted by molar-refractivity contribution is 6.76. The lowest BCUT2D eigenvalue weighted by molar-refractivity contribution is -0.0481. The summed E-state index contributed by atoms with van der Waals surface area (Å²) in [4.78, 5) is 0. The first kappa shape index (κ1) is 13.7. The van der Waals surface area contributed by atoms with Gasteiger partial charge in [0, 0.05) is 11.3 Å². The Morgan fingerprint density at radius 1 is 1.06 bits per heavy atom. The standard InChI is InChI=1S/C12H19ClO2Si/c1-16(2,3)10-15-9-14-8-11-4-6-12(13)7-5-11/h4-7H,8-10H2,1-3H3. The summed E-state index contributed by atoms with van der Waals surface area (Å²) in [6.07, 6.45) is 0.841. The fraction of sp³-hybridized carbons (Fsp3) is 0.500. The molecule has 0 heterocycles. The summed E-state index contributed by atoms with van der Waals surface area (Å²) >= 11 is 5.78. The minimum absolute atomic E-state index is 0.368. The van der Waals surface area contributed by atoms with E-state index in [9.17, 15) is 0 Å². The normalized spacial score (nSPS) is 11.8. The molecule has 0 amide bonds. The van der Waals surface area contributed by atoms with E-state index in [1.165, 1.54) is 0 Å². The van der Waals surface area contributed by atoms with Crippen LogP contribution in [0.3, 0.4) is 0 Å². The molecule has 0 radical (unpaired) electrons. The Hall–Kier alpha value is -0.353. The van der Waals surface area contributed by atoms with Crippen LogP contribution in [0.5, 0.6) is 0 Å². The molecular formula is C12H19ClO2Si. The van der Waals surface area contributed by atoms with Gasteiger partial charge < -0.3 is 9.47 Å². The molecule has 90 valence electrons. The molecule has 0 spiro atoms. The first-order chi connectivity index (χ1) is 7.47. The molecule has 0 saturated heterocycles. The molecule has 1 aromatic rings. The zero-order valence-electron chi connectivity index (χ0n) is 10.1. The molecule has 0 saturated carbocycles. The highest BCUT2D eigenvalue weighted by Gasteiger charge is 2.12. The molecule has 4 heteroatoms. The van der Waals surface area contributed by atoms with E-state index in [0.29, 0.717) is 13.4 Å². The van der Waals surface area contributed by atoms with Crippen LogP contribution in [0.2, 0.25) is 24.7 Å². The third-order valence-electron chi connectivity index (χ3n) is 1.88. The Morgan fingerprint density at radius 3 is 2.25 bits per heavy atom. The molecule has 0 fully saturated rings. The maximum Gasteiger partial charge on any atom is 0.146 e. The van der Waals surface area contributed by atoms with Crippen LogP contribution in [0.15, 0.2) is 24.3 Å². The van der Waals surface area contributed by atoms with E-state index in [2.05, 4.69) is 19.6 Å². The van der Waals surface area contributed by atoms with Gasteiger partial charge >= 0.3 is 0 Å². The molecular weight excluding hydrogens is 240 g/mol. The molecule has 2 nitrogen and oxygen atoms in total. The van der Waals surface area contributed by atoms with Crippen molar-refractivity contribution in [3.63, 3.8) is 0 Å². The lowest BCUT2D eigenvalue weighted by Crippen LogP contribution is -2.28. The van der Waals surface area contributed by atoms with Crippen LogP contribution in [-0.2, 0) is 16.1 Å². The van der Waals surface area contributed by atoms with Gasteiger partial charge in [-0.3, -0.25) is 0 Å². The smallest absolute Gasteiger partial charge is 0.146 e. The van der Waals surface area contributed by atoms with Crippen molar-refractivity contribution >= 4 is 19.7 Å². The van der Waals surface area contributed by atoms with Gasteiger partial charge in [0.2, 0.25) is 0 Å². The van der Waals surface area contributed by atoms with E-state index in [-0.39, 0.29) is 0 Å². The van der Waals surface area contributed by atoms with Crippen molar-refractivity contribution in [3.8, 4) is 0 Å². The van der Waals surface area contributed by atoms with Crippen LogP contribution >= 0.6 is 11.6 Å². The molecule has 0 aliphatic carbocycles. The van der Waals surface area contributed by atoms with Gasteiger partial charge in [0.25, 0.3) is 0 Å². The number of halogens is 1. The zero-order valence-corrected chi connectivity index (χ0v) is 11.9. The molecule has 0 N–H and O–H groups in total. The fourth-order valence-electron chi connectivity index (χ4n) is 1.15. The van der Waals surface area contributed by atoms with Crippen LogP contribution in [-0.4, -0.2) is 21.1 Å².